The van der Waals surface area contributed by atoms with E-state index in [2.05, 4.69) is 29.8 Å². The summed E-state index contributed by atoms with van der Waals surface area (Å²) in [7, 11) is 0. The molecule has 0 amide bonds. The van der Waals surface area contributed by atoms with Gasteiger partial charge < -0.3 is 10.2 Å². The molecule has 0 heterocycles. The number of nitrogens with one attached hydrogen (secondary N) is 2. The number of nitrogens with zero attached hydrogens (tertiary/aromatic N) is 1. The van der Waals surface area contributed by atoms with E-state index < -0.39 is 0 Å². The molecule has 0 rings (SSSR count). The Kier molecular flexibility index (Phi) is 18.9. The van der Waals surface area contributed by atoms with E-state index in [4.69, 9.17) is 5.84 Å². The Balaban J connectivity index is -0.000000188. The van der Waals surface area contributed by atoms with E-state index in [-0.39, 0.29) is 5.78 Å². The van der Waals surface area contributed by atoms with Gasteiger partial charge in [0.05, 0.1) is 0 Å². The summed E-state index contributed by atoms with van der Waals surface area (Å²) in [5.74, 6) is 5.09. The summed E-state index contributed by atoms with van der Waals surface area (Å²) in [4.78, 5) is 9.44. The third kappa shape index (κ3) is 69.9. The second-order valence-corrected chi connectivity index (χ2v) is 4.57. The molecule has 0 aromatic carbocycles. The van der Waals surface area contributed by atoms with Crippen LogP contribution in [0, 0.1) is 0 Å². The smallest absolute Gasteiger partial charge is 0.126 e. The van der Waals surface area contributed by atoms with E-state index in [1.54, 1.807) is 0 Å². The molecule has 0 unspecified atom stereocenters. The largest absolute Gasteiger partial charge is 0.308 e. The molecule has 0 bridgehead atoms. The van der Waals surface area contributed by atoms with Gasteiger partial charge in [-0.05, 0) is 55.4 Å². The molecule has 0 aliphatic rings. The van der Waals surface area contributed by atoms with Crippen LogP contribution in [0.1, 0.15) is 55.4 Å². The van der Waals surface area contributed by atoms with Crippen molar-refractivity contribution in [3.05, 3.63) is 0 Å². The van der Waals surface area contributed by atoms with Gasteiger partial charge in [0.2, 0.25) is 0 Å². The maximum Gasteiger partial charge on any atom is 0.126 e. The highest BCUT2D eigenvalue weighted by Gasteiger charge is 1.83. The van der Waals surface area contributed by atoms with Crippen molar-refractivity contribution in [1.82, 2.24) is 10.9 Å². The molecule has 0 fully saturated rings. The number of hydrazone groups is 1. The highest BCUT2D eigenvalue weighted by Crippen LogP contribution is 1.76. The molecule has 5 nitrogen and oxygen atoms in total. The zero-order chi connectivity index (χ0) is 14.4. The topological polar surface area (TPSA) is 79.5 Å². The molecule has 5 heteroatoms. The Morgan fingerprint density at radius 3 is 1.35 bits per heavy atom. The minimum atomic E-state index is 0.167. The lowest BCUT2D eigenvalue weighted by atomic mass is 10.4. The Bertz CT molecular complexity index is 193. The van der Waals surface area contributed by atoms with Crippen molar-refractivity contribution in [3.8, 4) is 0 Å². The molecule has 4 N–H and O–H groups in total. The fourth-order valence-corrected chi connectivity index (χ4v) is 0.258. The normalized spacial score (nSPS) is 8.65. The Hall–Kier alpha value is -0.940. The average molecular weight is 246 g/mol. The van der Waals surface area contributed by atoms with Crippen molar-refractivity contribution in [1.29, 1.82) is 0 Å². The third-order valence-electron chi connectivity index (χ3n) is 0.880. The number of hydrazine groups is 1. The van der Waals surface area contributed by atoms with Crippen molar-refractivity contribution in [2.75, 3.05) is 0 Å². The lowest BCUT2D eigenvalue weighted by molar-refractivity contribution is -0.114. The van der Waals surface area contributed by atoms with Crippen LogP contribution >= 0.6 is 0 Å². The number of nitrogens with two attached hydrogens (primary N) is 1. The number of hydrogen-bond donors (Lipinski definition) is 3. The van der Waals surface area contributed by atoms with E-state index in [1.165, 1.54) is 13.8 Å². The summed E-state index contributed by atoms with van der Waals surface area (Å²) in [6.45, 7) is 15.1. The van der Waals surface area contributed by atoms with E-state index in [1.807, 2.05) is 27.7 Å². The summed E-state index contributed by atoms with van der Waals surface area (Å²) in [6, 6.07) is 0.861. The number of rotatable bonds is 3. The first-order valence-electron chi connectivity index (χ1n) is 5.83. The Morgan fingerprint density at radius 1 is 1.00 bits per heavy atom. The minimum absolute atomic E-state index is 0.167. The van der Waals surface area contributed by atoms with Crippen LogP contribution in [0.5, 0.6) is 0 Å². The molecule has 0 radical (unpaired) electrons. The van der Waals surface area contributed by atoms with E-state index in [0.717, 1.165) is 5.71 Å². The highest BCUT2D eigenvalue weighted by atomic mass is 16.1. The molecule has 0 saturated carbocycles. The van der Waals surface area contributed by atoms with Gasteiger partial charge in [0.15, 0.2) is 0 Å². The maximum atomic E-state index is 9.44. The molecular formula is C12H30N4O. The summed E-state index contributed by atoms with van der Waals surface area (Å²) >= 11 is 0. The van der Waals surface area contributed by atoms with E-state index in [0.29, 0.717) is 12.1 Å². The van der Waals surface area contributed by atoms with Gasteiger partial charge in [-0.1, -0.05) is 0 Å². The summed E-state index contributed by atoms with van der Waals surface area (Å²) in [5.41, 5.74) is 6.53. The molecule has 0 aliphatic carbocycles. The number of carbonyl (C=O) groups excluding carboxylic acids is 1. The van der Waals surface area contributed by atoms with Crippen LogP contribution in [0.15, 0.2) is 5.10 Å². The van der Waals surface area contributed by atoms with Crippen LogP contribution in [0.25, 0.3) is 0 Å². The van der Waals surface area contributed by atoms with Crippen molar-refractivity contribution in [2.45, 2.75) is 67.5 Å². The van der Waals surface area contributed by atoms with Crippen LogP contribution < -0.4 is 16.7 Å². The van der Waals surface area contributed by atoms with Crippen LogP contribution in [0.3, 0.4) is 0 Å². The average Bonchev–Trinajstić information content (AvgIpc) is 2.14. The summed E-state index contributed by atoms with van der Waals surface area (Å²) in [6.07, 6.45) is 0. The van der Waals surface area contributed by atoms with Crippen LogP contribution in [0.4, 0.5) is 0 Å². The Morgan fingerprint density at radius 2 is 1.29 bits per heavy atom. The molecule has 0 atom stereocenters. The highest BCUT2D eigenvalue weighted by molar-refractivity contribution is 5.78. The lowest BCUT2D eigenvalue weighted by Crippen LogP contribution is -2.29. The molecule has 0 aliphatic heterocycles. The number of Topliss-reactive ketones (excluding diaryl/α,β-unsaturated/α-hetero) is 1. The van der Waals surface area contributed by atoms with Gasteiger partial charge in [0, 0.05) is 17.8 Å². The molecule has 17 heavy (non-hydrogen) atoms. The van der Waals surface area contributed by atoms with Crippen molar-refractivity contribution >= 4 is 11.5 Å². The van der Waals surface area contributed by atoms with E-state index >= 15 is 0 Å². The van der Waals surface area contributed by atoms with Gasteiger partial charge in [0.1, 0.15) is 5.78 Å². The Labute approximate surface area is 106 Å². The fourth-order valence-electron chi connectivity index (χ4n) is 0.258. The van der Waals surface area contributed by atoms with Crippen molar-refractivity contribution < 1.29 is 4.79 Å². The van der Waals surface area contributed by atoms with Gasteiger partial charge in [-0.15, -0.1) is 0 Å². The number of hydrogen-bond acceptors (Lipinski definition) is 5. The first-order chi connectivity index (χ1) is 7.63. The minimum Gasteiger partial charge on any atom is -0.308 e. The van der Waals surface area contributed by atoms with Crippen LogP contribution in [0.2, 0.25) is 0 Å². The molecule has 0 aromatic rings. The van der Waals surface area contributed by atoms with Crippen LogP contribution in [-0.4, -0.2) is 23.6 Å². The van der Waals surface area contributed by atoms with Crippen LogP contribution in [-0.2, 0) is 4.79 Å². The summed E-state index contributed by atoms with van der Waals surface area (Å²) < 4.78 is 0. The quantitative estimate of drug-likeness (QED) is 0.403. The van der Waals surface area contributed by atoms with Gasteiger partial charge in [-0.25, -0.2) is 0 Å². The molecular weight excluding hydrogens is 216 g/mol. The SMILES string of the molecule is CC(C)=NNC(C)C.CC(C)=O.CC(C)NN. The van der Waals surface area contributed by atoms with Gasteiger partial charge >= 0.3 is 0 Å². The first kappa shape index (κ1) is 21.4. The lowest BCUT2D eigenvalue weighted by Gasteiger charge is -2.01. The molecule has 104 valence electrons. The maximum absolute atomic E-state index is 9.44. The zero-order valence-electron chi connectivity index (χ0n) is 12.6. The standard InChI is InChI=1S/C6H14N2.C3H10N2.C3H6O/c1-5(2)7-8-6(3)4;1-3(2)5-4;1-3(2)4/h5,7H,1-4H3;3,5H,4H2,1-2H3;1-2H3. The van der Waals surface area contributed by atoms with Crippen molar-refractivity contribution in [2.24, 2.45) is 10.9 Å². The second kappa shape index (κ2) is 15.1. The number of carbonyl (C=O) groups is 1. The molecule has 0 aromatic heterocycles. The number of ketones is 1. The molecule has 0 spiro atoms. The predicted molar refractivity (Wildman–Crippen MR) is 75.9 cm³/mol. The monoisotopic (exact) mass is 246 g/mol. The van der Waals surface area contributed by atoms with Crippen molar-refractivity contribution in [3.63, 3.8) is 0 Å². The van der Waals surface area contributed by atoms with Gasteiger partial charge in [0.25, 0.3) is 0 Å². The predicted octanol–water partition coefficient (Wildman–Crippen LogP) is 1.83. The molecule has 0 saturated heterocycles. The second-order valence-electron chi connectivity index (χ2n) is 4.57. The van der Waals surface area contributed by atoms with Gasteiger partial charge in [-0.3, -0.25) is 11.3 Å². The third-order valence-corrected chi connectivity index (χ3v) is 0.880. The summed E-state index contributed by atoms with van der Waals surface area (Å²) in [5, 5.41) is 3.99. The van der Waals surface area contributed by atoms with E-state index in [9.17, 15) is 4.79 Å². The van der Waals surface area contributed by atoms with Gasteiger partial charge in [-0.2, -0.15) is 5.10 Å². The first-order valence-corrected chi connectivity index (χ1v) is 5.83. The zero-order valence-corrected chi connectivity index (χ0v) is 12.6. The fraction of sp³-hybridized carbons (Fsp3) is 0.833.